The summed E-state index contributed by atoms with van der Waals surface area (Å²) in [6.07, 6.45) is 0.489. The second kappa shape index (κ2) is 13.5. The average Bonchev–Trinajstić information content (AvgIpc) is 3.00. The minimum Gasteiger partial charge on any atom is -0.493 e. The minimum absolute atomic E-state index is 0.0861. The zero-order valence-electron chi connectivity index (χ0n) is 23.7. The van der Waals surface area contributed by atoms with Crippen LogP contribution in [0.2, 0.25) is 0 Å². The van der Waals surface area contributed by atoms with Crippen molar-refractivity contribution in [3.8, 4) is 17.2 Å². The Hall–Kier alpha value is -4.67. The van der Waals surface area contributed by atoms with Crippen LogP contribution in [-0.4, -0.2) is 61.6 Å². The Morgan fingerprint density at radius 2 is 1.79 bits per heavy atom. The Morgan fingerprint density at radius 1 is 1.00 bits per heavy atom. The highest BCUT2D eigenvalue weighted by Gasteiger charge is 2.34. The van der Waals surface area contributed by atoms with Crippen molar-refractivity contribution in [1.29, 1.82) is 0 Å². The van der Waals surface area contributed by atoms with Gasteiger partial charge in [0, 0.05) is 38.5 Å². The number of benzene rings is 3. The van der Waals surface area contributed by atoms with Gasteiger partial charge in [-0.3, -0.25) is 14.4 Å². The first-order chi connectivity index (χ1) is 20.8. The van der Waals surface area contributed by atoms with Crippen molar-refractivity contribution in [2.75, 3.05) is 26.8 Å². The summed E-state index contributed by atoms with van der Waals surface area (Å²) >= 11 is 0. The Morgan fingerprint density at radius 3 is 2.56 bits per heavy atom. The van der Waals surface area contributed by atoms with E-state index in [1.54, 1.807) is 29.2 Å². The highest BCUT2D eigenvalue weighted by molar-refractivity contribution is 5.80. The standard InChI is InChI=1S/C32H33F2N3O6/c1-41-29-14-20-4-10-28(29)42-19-31(39)36-26-18-37(32(40)15-22-6-7-23(33)16-25(22)34)13-12-27(26)43-24-8-2-21(3-9-24)17-35-30(38)11-5-20/h2-4,6-10,14,16,26-27H,5,11-13,15,17-19H2,1H3,(H,35,38)(H,36,39)/t26-,27-/m1/s1. The van der Waals surface area contributed by atoms with Crippen LogP contribution < -0.4 is 24.8 Å². The fourth-order valence-electron chi connectivity index (χ4n) is 5.16. The molecule has 2 N–H and O–H groups in total. The second-order valence-corrected chi connectivity index (χ2v) is 10.6. The van der Waals surface area contributed by atoms with Crippen LogP contribution in [0.1, 0.15) is 29.5 Å². The number of aryl methyl sites for hydroxylation is 1. The van der Waals surface area contributed by atoms with Crippen LogP contribution in [0.4, 0.5) is 8.78 Å². The molecule has 9 nitrogen and oxygen atoms in total. The lowest BCUT2D eigenvalue weighted by Crippen LogP contribution is -2.58. The van der Waals surface area contributed by atoms with E-state index in [1.807, 2.05) is 18.2 Å². The molecule has 5 aliphatic heterocycles. The lowest BCUT2D eigenvalue weighted by Gasteiger charge is -2.39. The summed E-state index contributed by atoms with van der Waals surface area (Å²) < 4.78 is 45.0. The smallest absolute Gasteiger partial charge is 0.258 e. The Labute approximate surface area is 248 Å². The van der Waals surface area contributed by atoms with Crippen molar-refractivity contribution < 1.29 is 37.4 Å². The lowest BCUT2D eigenvalue weighted by atomic mass is 10.00. The molecule has 0 saturated carbocycles. The molecule has 8 rings (SSSR count). The first kappa shape index (κ1) is 29.8. The van der Waals surface area contributed by atoms with E-state index in [-0.39, 0.29) is 37.0 Å². The molecular formula is C32H33F2N3O6. The summed E-state index contributed by atoms with van der Waals surface area (Å²) in [5, 5.41) is 5.87. The molecule has 0 unspecified atom stereocenters. The molecule has 43 heavy (non-hydrogen) atoms. The molecule has 3 aromatic carbocycles. The van der Waals surface area contributed by atoms with Gasteiger partial charge >= 0.3 is 0 Å². The Bertz CT molecular complexity index is 1480. The number of piperidine rings is 1. The van der Waals surface area contributed by atoms with Crippen molar-refractivity contribution >= 4 is 17.7 Å². The maximum absolute atomic E-state index is 14.2. The van der Waals surface area contributed by atoms with Gasteiger partial charge in [0.2, 0.25) is 11.8 Å². The van der Waals surface area contributed by atoms with Gasteiger partial charge in [0.25, 0.3) is 5.91 Å². The topological polar surface area (TPSA) is 106 Å². The molecule has 3 aromatic rings. The van der Waals surface area contributed by atoms with Crippen molar-refractivity contribution in [2.45, 2.75) is 44.4 Å². The molecule has 226 valence electrons. The molecule has 0 spiro atoms. The molecule has 5 aliphatic rings. The number of carbonyl (C=O) groups is 3. The second-order valence-electron chi connectivity index (χ2n) is 10.6. The summed E-state index contributed by atoms with van der Waals surface area (Å²) in [4.78, 5) is 40.1. The third-order valence-corrected chi connectivity index (χ3v) is 7.53. The van der Waals surface area contributed by atoms with Crippen molar-refractivity contribution in [2.24, 2.45) is 0 Å². The van der Waals surface area contributed by atoms with Gasteiger partial charge in [0.1, 0.15) is 23.5 Å². The van der Waals surface area contributed by atoms with E-state index in [1.165, 1.54) is 13.2 Å². The Kier molecular flexibility index (Phi) is 9.38. The van der Waals surface area contributed by atoms with E-state index in [2.05, 4.69) is 10.6 Å². The van der Waals surface area contributed by atoms with Gasteiger partial charge in [-0.25, -0.2) is 8.78 Å². The highest BCUT2D eigenvalue weighted by Crippen LogP contribution is 2.29. The van der Waals surface area contributed by atoms with Crippen molar-refractivity contribution in [3.63, 3.8) is 0 Å². The molecule has 1 saturated heterocycles. The number of carbonyl (C=O) groups excluding carboxylic acids is 3. The third kappa shape index (κ3) is 7.79. The summed E-state index contributed by atoms with van der Waals surface area (Å²) in [6, 6.07) is 15.1. The predicted octanol–water partition coefficient (Wildman–Crippen LogP) is 3.32. The first-order valence-electron chi connectivity index (χ1n) is 14.1. The maximum Gasteiger partial charge on any atom is 0.258 e. The van der Waals surface area contributed by atoms with E-state index >= 15 is 0 Å². The number of likely N-dealkylation sites (tertiary alicyclic amines) is 1. The van der Waals surface area contributed by atoms with Gasteiger partial charge in [-0.05, 0) is 53.4 Å². The lowest BCUT2D eigenvalue weighted by molar-refractivity contribution is -0.135. The van der Waals surface area contributed by atoms with Gasteiger partial charge in [0.05, 0.1) is 19.6 Å². The number of methoxy groups -OCH3 is 1. The molecular weight excluding hydrogens is 560 g/mol. The summed E-state index contributed by atoms with van der Waals surface area (Å²) in [6.45, 7) is 0.497. The largest absolute Gasteiger partial charge is 0.493 e. The average molecular weight is 594 g/mol. The van der Waals surface area contributed by atoms with Gasteiger partial charge in [0.15, 0.2) is 18.1 Å². The van der Waals surface area contributed by atoms with Crippen LogP contribution in [0.3, 0.4) is 0 Å². The normalized spacial score (nSPS) is 19.4. The molecule has 2 atom stereocenters. The number of amides is 3. The number of hydrogen-bond acceptors (Lipinski definition) is 6. The van der Waals surface area contributed by atoms with Crippen LogP contribution in [0, 0.1) is 11.6 Å². The molecule has 5 heterocycles. The number of halogens is 2. The molecule has 4 bridgehead atoms. The van der Waals surface area contributed by atoms with Crippen molar-refractivity contribution in [1.82, 2.24) is 15.5 Å². The molecule has 1 fully saturated rings. The van der Waals surface area contributed by atoms with E-state index in [0.29, 0.717) is 49.6 Å². The van der Waals surface area contributed by atoms with E-state index in [9.17, 15) is 23.2 Å². The van der Waals surface area contributed by atoms with Crippen LogP contribution in [0.5, 0.6) is 17.2 Å². The Balaban J connectivity index is 1.35. The number of hydrogen-bond donors (Lipinski definition) is 2. The third-order valence-electron chi connectivity index (χ3n) is 7.53. The quantitative estimate of drug-likeness (QED) is 0.483. The van der Waals surface area contributed by atoms with E-state index in [0.717, 1.165) is 23.3 Å². The molecule has 0 aromatic heterocycles. The predicted molar refractivity (Wildman–Crippen MR) is 153 cm³/mol. The van der Waals surface area contributed by atoms with Crippen LogP contribution in [0.15, 0.2) is 60.7 Å². The van der Waals surface area contributed by atoms with E-state index < -0.39 is 29.7 Å². The fourth-order valence-corrected chi connectivity index (χ4v) is 5.16. The summed E-state index contributed by atoms with van der Waals surface area (Å²) in [5.74, 6) is -0.989. The zero-order valence-corrected chi connectivity index (χ0v) is 23.7. The zero-order chi connectivity index (χ0) is 30.3. The maximum atomic E-state index is 14.2. The SMILES string of the molecule is COc1cc2ccc1OCC(=O)N[C@@H]1CN(C(=O)Cc3ccc(F)cc3F)CC[C@H]1Oc1ccc(cc1)CNC(=O)CC2. The summed E-state index contributed by atoms with van der Waals surface area (Å²) in [7, 11) is 1.50. The van der Waals surface area contributed by atoms with Gasteiger partial charge < -0.3 is 29.7 Å². The van der Waals surface area contributed by atoms with Crippen LogP contribution >= 0.6 is 0 Å². The molecule has 0 aliphatic carbocycles. The summed E-state index contributed by atoms with van der Waals surface area (Å²) in [5.41, 5.74) is 1.88. The molecule has 11 heteroatoms. The van der Waals surface area contributed by atoms with Gasteiger partial charge in [-0.1, -0.05) is 24.3 Å². The number of nitrogens with one attached hydrogen (secondary N) is 2. The van der Waals surface area contributed by atoms with Crippen molar-refractivity contribution in [3.05, 3.63) is 89.0 Å². The van der Waals surface area contributed by atoms with Gasteiger partial charge in [-0.2, -0.15) is 0 Å². The number of ether oxygens (including phenoxy) is 3. The molecule has 0 radical (unpaired) electrons. The molecule has 3 amide bonds. The number of nitrogens with zero attached hydrogens (tertiary/aromatic N) is 1. The first-order valence-corrected chi connectivity index (χ1v) is 14.1. The van der Waals surface area contributed by atoms with Crippen LogP contribution in [0.25, 0.3) is 0 Å². The van der Waals surface area contributed by atoms with Gasteiger partial charge in [-0.15, -0.1) is 0 Å². The highest BCUT2D eigenvalue weighted by atomic mass is 19.1. The van der Waals surface area contributed by atoms with Crippen LogP contribution in [-0.2, 0) is 33.8 Å². The number of rotatable bonds is 3. The van der Waals surface area contributed by atoms with E-state index in [4.69, 9.17) is 14.2 Å². The monoisotopic (exact) mass is 593 g/mol. The fraction of sp³-hybridized carbons (Fsp3) is 0.344. The minimum atomic E-state index is -0.786.